The summed E-state index contributed by atoms with van der Waals surface area (Å²) in [4.78, 5) is 4.24. The second-order valence-electron chi connectivity index (χ2n) is 10.2. The second-order valence-corrected chi connectivity index (χ2v) is 13.8. The molecule has 0 saturated carbocycles. The summed E-state index contributed by atoms with van der Waals surface area (Å²) in [5, 5.41) is 2.78. The highest BCUT2D eigenvalue weighted by atomic mass is 28.3. The Morgan fingerprint density at radius 3 is 1.94 bits per heavy atom. The van der Waals surface area contributed by atoms with Gasteiger partial charge in [-0.05, 0) is 78.7 Å². The Morgan fingerprint density at radius 1 is 0.844 bits per heavy atom. The molecule has 1 atom stereocenters. The minimum absolute atomic E-state index is 0.0593. The Balaban J connectivity index is 1.82. The van der Waals surface area contributed by atoms with Crippen molar-refractivity contribution in [2.24, 2.45) is 0 Å². The van der Waals surface area contributed by atoms with Crippen LogP contribution >= 0.6 is 0 Å². The molecule has 0 aromatic heterocycles. The van der Waals surface area contributed by atoms with Gasteiger partial charge in [-0.2, -0.15) is 0 Å². The van der Waals surface area contributed by atoms with Gasteiger partial charge in [0.15, 0.2) is 0 Å². The summed E-state index contributed by atoms with van der Waals surface area (Å²) < 4.78 is 6.16. The average Bonchev–Trinajstić information content (AvgIpc) is 3.40. The van der Waals surface area contributed by atoms with Crippen LogP contribution in [0.4, 0.5) is 0 Å². The van der Waals surface area contributed by atoms with Crippen LogP contribution in [0.3, 0.4) is 0 Å². The van der Waals surface area contributed by atoms with Crippen LogP contribution < -0.4 is 15.4 Å². The largest absolute Gasteiger partial charge is 0.501 e. The van der Waals surface area contributed by atoms with Crippen LogP contribution in [0.15, 0.2) is 78.6 Å². The Hall–Kier alpha value is -2.62. The highest BCUT2D eigenvalue weighted by molar-refractivity contribution is 7.02. The maximum Gasteiger partial charge on any atom is 0.205 e. The second kappa shape index (κ2) is 8.06. The Bertz CT molecular complexity index is 1110. The lowest BCUT2D eigenvalue weighted by atomic mass is 10.0. The first-order valence-corrected chi connectivity index (χ1v) is 13.8. The van der Waals surface area contributed by atoms with E-state index >= 15 is 0 Å². The molecule has 1 N–H and O–H groups in total. The number of hydrogen-bond acceptors (Lipinski definition) is 2. The van der Waals surface area contributed by atoms with Crippen molar-refractivity contribution in [1.29, 1.82) is 0 Å². The van der Waals surface area contributed by atoms with Crippen molar-refractivity contribution in [1.82, 2.24) is 4.98 Å². The van der Waals surface area contributed by atoms with Crippen molar-refractivity contribution in [2.75, 3.05) is 7.11 Å². The number of fused-ring (bicyclic) bond motifs is 2. The van der Waals surface area contributed by atoms with E-state index in [2.05, 4.69) is 105 Å². The molecule has 0 fully saturated rings. The quantitative estimate of drug-likeness (QED) is 0.568. The summed E-state index contributed by atoms with van der Waals surface area (Å²) in [5.74, 6) is 1.08. The van der Waals surface area contributed by atoms with E-state index in [9.17, 15) is 0 Å². The zero-order valence-corrected chi connectivity index (χ0v) is 20.6. The van der Waals surface area contributed by atoms with Gasteiger partial charge in [0, 0.05) is 5.54 Å². The first-order valence-electron chi connectivity index (χ1n) is 11.7. The van der Waals surface area contributed by atoms with Crippen LogP contribution in [-0.2, 0) is 17.6 Å². The van der Waals surface area contributed by atoms with Gasteiger partial charge < -0.3 is 9.72 Å². The van der Waals surface area contributed by atoms with Gasteiger partial charge in [0.1, 0.15) is 5.76 Å². The fourth-order valence-corrected chi connectivity index (χ4v) is 11.2. The summed E-state index contributed by atoms with van der Waals surface area (Å²) in [6, 6.07) is 27.2. The molecule has 0 heterocycles. The maximum atomic E-state index is 6.16. The minimum atomic E-state index is -2.56. The lowest BCUT2D eigenvalue weighted by Crippen LogP contribution is -2.76. The van der Waals surface area contributed by atoms with Crippen molar-refractivity contribution in [3.8, 4) is 0 Å². The third-order valence-corrected chi connectivity index (χ3v) is 12.0. The first kappa shape index (κ1) is 21.2. The van der Waals surface area contributed by atoms with E-state index in [0.717, 1.165) is 5.76 Å². The van der Waals surface area contributed by atoms with Crippen LogP contribution in [0.25, 0.3) is 6.08 Å². The first-order chi connectivity index (χ1) is 15.4. The van der Waals surface area contributed by atoms with Gasteiger partial charge >= 0.3 is 0 Å². The molecule has 2 aliphatic carbocycles. The summed E-state index contributed by atoms with van der Waals surface area (Å²) in [6.07, 6.45) is 5.96. The van der Waals surface area contributed by atoms with Gasteiger partial charge in [0.2, 0.25) is 8.24 Å². The molecule has 0 aliphatic heterocycles. The van der Waals surface area contributed by atoms with E-state index in [1.807, 2.05) is 7.11 Å². The normalized spacial score (nSPS) is 17.6. The molecule has 3 aromatic carbocycles. The summed E-state index contributed by atoms with van der Waals surface area (Å²) in [6.45, 7) is 6.86. The van der Waals surface area contributed by atoms with Gasteiger partial charge in [-0.3, -0.25) is 0 Å². The third kappa shape index (κ3) is 3.54. The molecule has 0 spiro atoms. The third-order valence-electron chi connectivity index (χ3n) is 6.89. The molecule has 32 heavy (non-hydrogen) atoms. The number of nitrogens with one attached hydrogen (secondary N) is 1. The zero-order chi connectivity index (χ0) is 22.3. The van der Waals surface area contributed by atoms with E-state index in [-0.39, 0.29) is 11.1 Å². The van der Waals surface area contributed by atoms with Crippen LogP contribution in [0.1, 0.15) is 55.0 Å². The monoisotopic (exact) mass is 439 g/mol. The predicted molar refractivity (Wildman–Crippen MR) is 137 cm³/mol. The van der Waals surface area contributed by atoms with Crippen molar-refractivity contribution in [3.63, 3.8) is 0 Å². The summed E-state index contributed by atoms with van der Waals surface area (Å²) in [5.41, 5.74) is 5.94. The fourth-order valence-electron chi connectivity index (χ4n) is 5.76. The van der Waals surface area contributed by atoms with Gasteiger partial charge in [-0.15, -0.1) is 0 Å². The van der Waals surface area contributed by atoms with E-state index < -0.39 is 8.24 Å². The molecular formula is C29H33NOSi. The van der Waals surface area contributed by atoms with E-state index in [0.29, 0.717) is 0 Å². The van der Waals surface area contributed by atoms with Crippen LogP contribution in [0.2, 0.25) is 0 Å². The van der Waals surface area contributed by atoms with E-state index in [1.165, 1.54) is 51.9 Å². The average molecular weight is 440 g/mol. The van der Waals surface area contributed by atoms with Gasteiger partial charge in [-0.1, -0.05) is 72.8 Å². The van der Waals surface area contributed by atoms with E-state index in [4.69, 9.17) is 4.74 Å². The lowest BCUT2D eigenvalue weighted by molar-refractivity contribution is 0.284. The molecule has 5 rings (SSSR count). The number of methoxy groups -OCH3 is 1. The van der Waals surface area contributed by atoms with Crippen molar-refractivity contribution in [3.05, 3.63) is 101 Å². The topological polar surface area (TPSA) is 21.3 Å². The molecule has 3 aromatic rings. The number of benzene rings is 3. The standard InChI is InChI=1S/C29H33NOSi/c1-29(2,3)30-32(24-14-7-5-8-15-24,25-16-9-6-10-17-25)28-26-19-22-13-11-12-21(22)18-23(26)20-27(28)31-4/h5-10,14-20,28,30H,11-13H2,1-4H3. The number of aryl methyl sites for hydroxylation is 2. The van der Waals surface area contributed by atoms with Crippen LogP contribution in [-0.4, -0.2) is 20.9 Å². The zero-order valence-electron chi connectivity index (χ0n) is 19.6. The molecule has 0 bridgehead atoms. The van der Waals surface area contributed by atoms with Crippen molar-refractivity contribution in [2.45, 2.75) is 51.1 Å². The molecular weight excluding hydrogens is 406 g/mol. The number of ether oxygens (including phenoxy) is 1. The fraction of sp³-hybridized carbons (Fsp3) is 0.310. The number of hydrogen-bond donors (Lipinski definition) is 1. The highest BCUT2D eigenvalue weighted by Crippen LogP contribution is 2.44. The van der Waals surface area contributed by atoms with Crippen LogP contribution in [0.5, 0.6) is 0 Å². The SMILES string of the molecule is COC1=Cc2cc3c(cc2C1[Si](NC(C)(C)C)(c1ccccc1)c1ccccc1)CCC3. The Kier molecular flexibility index (Phi) is 5.35. The van der Waals surface area contributed by atoms with Gasteiger partial charge in [0.25, 0.3) is 0 Å². The highest BCUT2D eigenvalue weighted by Gasteiger charge is 2.52. The predicted octanol–water partition coefficient (Wildman–Crippen LogP) is 4.95. The molecule has 164 valence electrons. The summed E-state index contributed by atoms with van der Waals surface area (Å²) in [7, 11) is -0.723. The van der Waals surface area contributed by atoms with Gasteiger partial charge in [0.05, 0.1) is 12.7 Å². The molecule has 0 radical (unpaired) electrons. The molecule has 1 unspecified atom stereocenters. The van der Waals surface area contributed by atoms with Crippen molar-refractivity contribution < 1.29 is 4.74 Å². The van der Waals surface area contributed by atoms with Crippen molar-refractivity contribution >= 4 is 24.7 Å². The van der Waals surface area contributed by atoms with Crippen LogP contribution in [0, 0.1) is 0 Å². The lowest BCUT2D eigenvalue weighted by Gasteiger charge is -2.44. The molecule has 3 heteroatoms. The molecule has 2 nitrogen and oxygen atoms in total. The summed E-state index contributed by atoms with van der Waals surface area (Å²) >= 11 is 0. The minimum Gasteiger partial charge on any atom is -0.501 e. The molecule has 0 amide bonds. The molecule has 0 saturated heterocycles. The smallest absolute Gasteiger partial charge is 0.205 e. The number of rotatable bonds is 5. The Labute approximate surface area is 193 Å². The molecule has 2 aliphatic rings. The maximum absolute atomic E-state index is 6.16. The van der Waals surface area contributed by atoms with Gasteiger partial charge in [-0.25, -0.2) is 0 Å². The number of allylic oxidation sites excluding steroid dienone is 1. The Morgan fingerprint density at radius 2 is 1.41 bits per heavy atom. The van der Waals surface area contributed by atoms with E-state index in [1.54, 1.807) is 0 Å².